The van der Waals surface area contributed by atoms with Crippen LogP contribution in [0.15, 0.2) is 42.5 Å². The molecule has 0 amide bonds. The van der Waals surface area contributed by atoms with Gasteiger partial charge in [-0.1, -0.05) is 51.8 Å². The molecule has 0 bridgehead atoms. The van der Waals surface area contributed by atoms with Crippen molar-refractivity contribution in [1.82, 2.24) is 0 Å². The van der Waals surface area contributed by atoms with Crippen LogP contribution >= 0.6 is 27.5 Å². The largest absolute Gasteiger partial charge is 0.488 e. The Hall–Kier alpha value is -1.06. The number of rotatable bonds is 4. The summed E-state index contributed by atoms with van der Waals surface area (Å²) in [6.07, 6.45) is 0. The Morgan fingerprint density at radius 2 is 1.89 bits per heavy atom. The summed E-state index contributed by atoms with van der Waals surface area (Å²) in [5, 5.41) is 1.23. The second kappa shape index (κ2) is 6.21. The summed E-state index contributed by atoms with van der Waals surface area (Å²) in [6.45, 7) is 0.188. The highest BCUT2D eigenvalue weighted by Gasteiger charge is 2.08. The molecule has 0 aliphatic carbocycles. The van der Waals surface area contributed by atoms with E-state index in [9.17, 15) is 4.39 Å². The maximum absolute atomic E-state index is 13.4. The molecule has 2 rings (SSSR count). The van der Waals surface area contributed by atoms with Gasteiger partial charge >= 0.3 is 0 Å². The number of hydrogen-bond donors (Lipinski definition) is 0. The fraction of sp³-hybridized carbons (Fsp3) is 0.143. The molecule has 0 atom stereocenters. The lowest BCUT2D eigenvalue weighted by atomic mass is 10.2. The van der Waals surface area contributed by atoms with Gasteiger partial charge in [-0.05, 0) is 18.2 Å². The molecule has 1 nitrogen and oxygen atoms in total. The average Bonchev–Trinajstić information content (AvgIpc) is 2.38. The summed E-state index contributed by atoms with van der Waals surface area (Å²) in [5.74, 6) is 0.405. The van der Waals surface area contributed by atoms with Crippen LogP contribution in [0.1, 0.15) is 11.1 Å². The molecule has 2 aromatic rings. The zero-order chi connectivity index (χ0) is 13.0. The maximum atomic E-state index is 13.4. The molecule has 0 spiro atoms. The Morgan fingerprint density at radius 3 is 2.61 bits per heavy atom. The predicted molar refractivity (Wildman–Crippen MR) is 74.8 cm³/mol. The van der Waals surface area contributed by atoms with Gasteiger partial charge in [-0.2, -0.15) is 0 Å². The van der Waals surface area contributed by atoms with E-state index in [1.807, 2.05) is 12.1 Å². The minimum atomic E-state index is -0.264. The van der Waals surface area contributed by atoms with Crippen molar-refractivity contribution in [2.24, 2.45) is 0 Å². The van der Waals surface area contributed by atoms with E-state index in [2.05, 4.69) is 15.9 Å². The average molecular weight is 330 g/mol. The molecule has 0 fully saturated rings. The molecule has 0 aromatic heterocycles. The van der Waals surface area contributed by atoms with Crippen molar-refractivity contribution < 1.29 is 9.13 Å². The summed E-state index contributed by atoms with van der Waals surface area (Å²) in [5.41, 5.74) is 1.40. The van der Waals surface area contributed by atoms with Crippen molar-refractivity contribution in [1.29, 1.82) is 0 Å². The van der Waals surface area contributed by atoms with E-state index in [0.717, 1.165) is 5.56 Å². The molecule has 4 heteroatoms. The van der Waals surface area contributed by atoms with Crippen LogP contribution in [-0.4, -0.2) is 0 Å². The number of benzene rings is 2. The van der Waals surface area contributed by atoms with Crippen molar-refractivity contribution in [3.05, 3.63) is 64.4 Å². The number of ether oxygens (including phenoxy) is 1. The topological polar surface area (TPSA) is 9.23 Å². The molecule has 0 radical (unpaired) electrons. The van der Waals surface area contributed by atoms with Crippen LogP contribution in [0.5, 0.6) is 5.75 Å². The Balaban J connectivity index is 2.16. The minimum absolute atomic E-state index is 0.188. The van der Waals surface area contributed by atoms with E-state index in [1.54, 1.807) is 24.3 Å². The van der Waals surface area contributed by atoms with Gasteiger partial charge in [-0.3, -0.25) is 0 Å². The van der Waals surface area contributed by atoms with Gasteiger partial charge in [-0.15, -0.1) is 0 Å². The Bertz CT molecular complexity index is 545. The quantitative estimate of drug-likeness (QED) is 0.721. The molecule has 94 valence electrons. The third-order valence-electron chi connectivity index (χ3n) is 2.55. The van der Waals surface area contributed by atoms with Gasteiger partial charge < -0.3 is 4.74 Å². The Kier molecular flexibility index (Phi) is 4.61. The van der Waals surface area contributed by atoms with E-state index in [1.165, 1.54) is 6.07 Å². The molecule has 0 aliphatic rings. The van der Waals surface area contributed by atoms with Gasteiger partial charge in [-0.25, -0.2) is 4.39 Å². The summed E-state index contributed by atoms with van der Waals surface area (Å²) >= 11 is 9.42. The Labute approximate surface area is 119 Å². The highest BCUT2D eigenvalue weighted by molar-refractivity contribution is 9.08. The highest BCUT2D eigenvalue weighted by Crippen LogP contribution is 2.29. The molecule has 0 N–H and O–H groups in total. The molecule has 0 saturated carbocycles. The van der Waals surface area contributed by atoms with E-state index in [0.29, 0.717) is 21.7 Å². The lowest BCUT2D eigenvalue weighted by Gasteiger charge is -2.11. The van der Waals surface area contributed by atoms with Crippen LogP contribution < -0.4 is 4.74 Å². The molecule has 18 heavy (non-hydrogen) atoms. The number of hydrogen-bond acceptors (Lipinski definition) is 1. The first-order valence-corrected chi connectivity index (χ1v) is 6.92. The normalized spacial score (nSPS) is 10.4. The van der Waals surface area contributed by atoms with E-state index in [4.69, 9.17) is 16.3 Å². The first-order chi connectivity index (χ1) is 8.72. The molecule has 0 saturated heterocycles. The summed E-state index contributed by atoms with van der Waals surface area (Å²) < 4.78 is 19.1. The van der Waals surface area contributed by atoms with Gasteiger partial charge in [0.15, 0.2) is 0 Å². The third kappa shape index (κ3) is 3.03. The van der Waals surface area contributed by atoms with Crippen LogP contribution in [-0.2, 0) is 11.9 Å². The third-order valence-corrected chi connectivity index (χ3v) is 3.47. The standard InChI is InChI=1S/C14H11BrClFO/c15-8-11-12(16)5-3-7-14(11)18-9-10-4-1-2-6-13(10)17/h1-7H,8-9H2. The van der Waals surface area contributed by atoms with E-state index in [-0.39, 0.29) is 12.4 Å². The second-order valence-corrected chi connectivity index (χ2v) is 4.70. The van der Waals surface area contributed by atoms with Gasteiger partial charge in [0, 0.05) is 21.5 Å². The summed E-state index contributed by atoms with van der Waals surface area (Å²) in [4.78, 5) is 0. The van der Waals surface area contributed by atoms with E-state index < -0.39 is 0 Å². The molecular weight excluding hydrogens is 319 g/mol. The van der Waals surface area contributed by atoms with Gasteiger partial charge in [0.25, 0.3) is 0 Å². The van der Waals surface area contributed by atoms with Crippen molar-refractivity contribution in [3.8, 4) is 5.75 Å². The minimum Gasteiger partial charge on any atom is -0.488 e. The number of alkyl halides is 1. The molecule has 2 aromatic carbocycles. The molecule has 0 heterocycles. The highest BCUT2D eigenvalue weighted by atomic mass is 79.9. The van der Waals surface area contributed by atoms with Crippen molar-refractivity contribution >= 4 is 27.5 Å². The van der Waals surface area contributed by atoms with Crippen molar-refractivity contribution in [2.75, 3.05) is 0 Å². The molecular formula is C14H11BrClFO. The fourth-order valence-corrected chi connectivity index (χ4v) is 2.55. The number of halogens is 3. The zero-order valence-corrected chi connectivity index (χ0v) is 11.8. The van der Waals surface area contributed by atoms with E-state index >= 15 is 0 Å². The molecule has 0 unspecified atom stereocenters. The van der Waals surface area contributed by atoms with Crippen LogP contribution in [0.3, 0.4) is 0 Å². The first-order valence-electron chi connectivity index (χ1n) is 5.42. The molecule has 0 aliphatic heterocycles. The SMILES string of the molecule is Fc1ccccc1COc1cccc(Cl)c1CBr. The maximum Gasteiger partial charge on any atom is 0.129 e. The van der Waals surface area contributed by atoms with Crippen molar-refractivity contribution in [2.45, 2.75) is 11.9 Å². The predicted octanol–water partition coefficient (Wildman–Crippen LogP) is 4.95. The second-order valence-electron chi connectivity index (χ2n) is 3.73. The van der Waals surface area contributed by atoms with Crippen LogP contribution in [0.2, 0.25) is 5.02 Å². The van der Waals surface area contributed by atoms with Gasteiger partial charge in [0.1, 0.15) is 18.2 Å². The summed E-state index contributed by atoms with van der Waals surface area (Å²) in [6, 6.07) is 12.0. The lowest BCUT2D eigenvalue weighted by molar-refractivity contribution is 0.297. The first kappa shape index (κ1) is 13.4. The monoisotopic (exact) mass is 328 g/mol. The fourth-order valence-electron chi connectivity index (χ4n) is 1.57. The van der Waals surface area contributed by atoms with Crippen LogP contribution in [0.25, 0.3) is 0 Å². The van der Waals surface area contributed by atoms with Crippen LogP contribution in [0.4, 0.5) is 4.39 Å². The Morgan fingerprint density at radius 1 is 1.11 bits per heavy atom. The lowest BCUT2D eigenvalue weighted by Crippen LogP contribution is -2.00. The van der Waals surface area contributed by atoms with Gasteiger partial charge in [0.2, 0.25) is 0 Å². The summed E-state index contributed by atoms with van der Waals surface area (Å²) in [7, 11) is 0. The zero-order valence-electron chi connectivity index (χ0n) is 9.50. The van der Waals surface area contributed by atoms with Gasteiger partial charge in [0.05, 0.1) is 0 Å². The van der Waals surface area contributed by atoms with Crippen LogP contribution in [0, 0.1) is 5.82 Å². The van der Waals surface area contributed by atoms with Crippen molar-refractivity contribution in [3.63, 3.8) is 0 Å². The smallest absolute Gasteiger partial charge is 0.129 e.